The number of rotatable bonds is 1. The largest absolute Gasteiger partial charge is 0.353 e. The summed E-state index contributed by atoms with van der Waals surface area (Å²) in [6.07, 6.45) is 3.47. The van der Waals surface area contributed by atoms with Crippen molar-refractivity contribution in [3.05, 3.63) is 16.1 Å². The van der Waals surface area contributed by atoms with Crippen LogP contribution in [0.15, 0.2) is 12.5 Å². The van der Waals surface area contributed by atoms with Crippen molar-refractivity contribution in [1.29, 1.82) is 0 Å². The third-order valence-electron chi connectivity index (χ3n) is 2.32. The van der Waals surface area contributed by atoms with Gasteiger partial charge in [0, 0.05) is 31.9 Å². The zero-order valence-corrected chi connectivity index (χ0v) is 10.2. The lowest BCUT2D eigenvalue weighted by Crippen LogP contribution is -2.49. The predicted molar refractivity (Wildman–Crippen MR) is 64.4 cm³/mol. The second-order valence-electron chi connectivity index (χ2n) is 3.50. The average Bonchev–Trinajstić information content (AvgIpc) is 2.18. The second-order valence-corrected chi connectivity index (χ2v) is 4.66. The number of anilines is 1. The van der Waals surface area contributed by atoms with Crippen LogP contribution in [0.1, 0.15) is 6.92 Å². The van der Waals surface area contributed by atoms with Crippen molar-refractivity contribution in [2.45, 2.75) is 13.0 Å². The highest BCUT2D eigenvalue weighted by atomic mass is 127. The molecule has 1 aromatic rings. The summed E-state index contributed by atoms with van der Waals surface area (Å²) in [5.41, 5.74) is 0. The Morgan fingerprint density at radius 3 is 3.21 bits per heavy atom. The molecule has 1 N–H and O–H groups in total. The molecule has 1 fully saturated rings. The van der Waals surface area contributed by atoms with Crippen molar-refractivity contribution in [3.63, 3.8) is 0 Å². The van der Waals surface area contributed by atoms with Gasteiger partial charge in [-0.05, 0) is 29.5 Å². The van der Waals surface area contributed by atoms with Crippen LogP contribution in [0.2, 0.25) is 0 Å². The molecule has 1 atom stereocenters. The summed E-state index contributed by atoms with van der Waals surface area (Å²) in [5.74, 6) is 1.06. The van der Waals surface area contributed by atoms with Crippen LogP contribution in [0.4, 0.5) is 5.82 Å². The molecule has 0 saturated carbocycles. The van der Waals surface area contributed by atoms with Gasteiger partial charge in [-0.2, -0.15) is 0 Å². The molecule has 0 aliphatic carbocycles. The SMILES string of the molecule is C[C@H]1CN(c2ncncc2I)CCN1. The molecule has 2 rings (SSSR count). The summed E-state index contributed by atoms with van der Waals surface area (Å²) in [7, 11) is 0. The number of nitrogens with one attached hydrogen (secondary N) is 1. The molecule has 1 saturated heterocycles. The number of halogens is 1. The molecule has 4 nitrogen and oxygen atoms in total. The number of piperazine rings is 1. The van der Waals surface area contributed by atoms with E-state index in [1.807, 2.05) is 6.20 Å². The van der Waals surface area contributed by atoms with E-state index in [1.54, 1.807) is 6.33 Å². The van der Waals surface area contributed by atoms with Crippen LogP contribution >= 0.6 is 22.6 Å². The maximum absolute atomic E-state index is 4.32. The van der Waals surface area contributed by atoms with E-state index in [0.717, 1.165) is 29.0 Å². The van der Waals surface area contributed by atoms with Crippen LogP contribution in [-0.4, -0.2) is 35.6 Å². The summed E-state index contributed by atoms with van der Waals surface area (Å²) < 4.78 is 1.12. The van der Waals surface area contributed by atoms with Gasteiger partial charge in [-0.3, -0.25) is 0 Å². The quantitative estimate of drug-likeness (QED) is 0.782. The van der Waals surface area contributed by atoms with Crippen molar-refractivity contribution in [2.24, 2.45) is 0 Å². The maximum atomic E-state index is 4.32. The van der Waals surface area contributed by atoms with E-state index in [1.165, 1.54) is 0 Å². The van der Waals surface area contributed by atoms with Gasteiger partial charge in [0.25, 0.3) is 0 Å². The zero-order chi connectivity index (χ0) is 9.97. The third kappa shape index (κ3) is 2.14. The van der Waals surface area contributed by atoms with Crippen molar-refractivity contribution in [2.75, 3.05) is 24.5 Å². The Hall–Kier alpha value is -0.430. The van der Waals surface area contributed by atoms with E-state index in [0.29, 0.717) is 6.04 Å². The first-order chi connectivity index (χ1) is 6.77. The van der Waals surface area contributed by atoms with E-state index in [-0.39, 0.29) is 0 Å². The van der Waals surface area contributed by atoms with Crippen molar-refractivity contribution >= 4 is 28.4 Å². The maximum Gasteiger partial charge on any atom is 0.145 e. The van der Waals surface area contributed by atoms with Crippen molar-refractivity contribution in [3.8, 4) is 0 Å². The van der Waals surface area contributed by atoms with E-state index >= 15 is 0 Å². The van der Waals surface area contributed by atoms with Gasteiger partial charge in [0.05, 0.1) is 3.57 Å². The summed E-state index contributed by atoms with van der Waals surface area (Å²) >= 11 is 2.28. The topological polar surface area (TPSA) is 41.1 Å². The molecule has 0 amide bonds. The fourth-order valence-electron chi connectivity index (χ4n) is 1.66. The zero-order valence-electron chi connectivity index (χ0n) is 8.07. The normalized spacial score (nSPS) is 22.4. The highest BCUT2D eigenvalue weighted by Crippen LogP contribution is 2.18. The van der Waals surface area contributed by atoms with Gasteiger partial charge >= 0.3 is 0 Å². The first kappa shape index (κ1) is 10.1. The van der Waals surface area contributed by atoms with E-state index < -0.39 is 0 Å². The van der Waals surface area contributed by atoms with Crippen molar-refractivity contribution in [1.82, 2.24) is 15.3 Å². The van der Waals surface area contributed by atoms with E-state index in [9.17, 15) is 0 Å². The van der Waals surface area contributed by atoms with Gasteiger partial charge < -0.3 is 10.2 Å². The Balaban J connectivity index is 2.18. The molecule has 1 aromatic heterocycles. The van der Waals surface area contributed by atoms with Gasteiger partial charge in [0.2, 0.25) is 0 Å². The third-order valence-corrected chi connectivity index (χ3v) is 3.08. The molecule has 2 heterocycles. The van der Waals surface area contributed by atoms with Gasteiger partial charge in [-0.25, -0.2) is 9.97 Å². The molecule has 0 bridgehead atoms. The highest BCUT2D eigenvalue weighted by Gasteiger charge is 2.18. The number of hydrogen-bond donors (Lipinski definition) is 1. The van der Waals surface area contributed by atoms with Crippen LogP contribution in [0.3, 0.4) is 0 Å². The minimum Gasteiger partial charge on any atom is -0.353 e. The molecule has 0 unspecified atom stereocenters. The molecule has 76 valence electrons. The fraction of sp³-hybridized carbons (Fsp3) is 0.556. The van der Waals surface area contributed by atoms with Gasteiger partial charge in [-0.15, -0.1) is 0 Å². The van der Waals surface area contributed by atoms with Gasteiger partial charge in [0.15, 0.2) is 0 Å². The summed E-state index contributed by atoms with van der Waals surface area (Å²) in [6, 6.07) is 0.537. The smallest absolute Gasteiger partial charge is 0.145 e. The second kappa shape index (κ2) is 4.39. The minimum atomic E-state index is 0.537. The van der Waals surface area contributed by atoms with Gasteiger partial charge in [-0.1, -0.05) is 0 Å². The Kier molecular flexibility index (Phi) is 3.17. The Morgan fingerprint density at radius 2 is 2.50 bits per heavy atom. The summed E-state index contributed by atoms with van der Waals surface area (Å²) in [6.45, 7) is 5.27. The van der Waals surface area contributed by atoms with E-state index in [2.05, 4.69) is 49.7 Å². The minimum absolute atomic E-state index is 0.537. The van der Waals surface area contributed by atoms with Crippen LogP contribution in [0, 0.1) is 3.57 Å². The summed E-state index contributed by atoms with van der Waals surface area (Å²) in [5, 5.41) is 3.41. The monoisotopic (exact) mass is 304 g/mol. The first-order valence-corrected chi connectivity index (χ1v) is 5.79. The van der Waals surface area contributed by atoms with Crippen LogP contribution < -0.4 is 10.2 Å². The average molecular weight is 304 g/mol. The number of nitrogens with zero attached hydrogens (tertiary/aromatic N) is 3. The Labute approximate surface area is 97.3 Å². The van der Waals surface area contributed by atoms with Gasteiger partial charge in [0.1, 0.15) is 12.1 Å². The molecule has 0 radical (unpaired) electrons. The number of hydrogen-bond acceptors (Lipinski definition) is 4. The molecule has 1 aliphatic heterocycles. The lowest BCUT2D eigenvalue weighted by Gasteiger charge is -2.33. The Morgan fingerprint density at radius 1 is 1.64 bits per heavy atom. The molecule has 1 aliphatic rings. The lowest BCUT2D eigenvalue weighted by atomic mass is 10.2. The standard InChI is InChI=1S/C9H13IN4/c1-7-5-14(3-2-12-7)9-8(10)4-11-6-13-9/h4,6-7,12H,2-3,5H2,1H3/t7-/m0/s1. The molecule has 0 aromatic carbocycles. The fourth-order valence-corrected chi connectivity index (χ4v) is 2.30. The van der Waals surface area contributed by atoms with Crippen molar-refractivity contribution < 1.29 is 0 Å². The first-order valence-electron chi connectivity index (χ1n) is 4.71. The lowest BCUT2D eigenvalue weighted by molar-refractivity contribution is 0.481. The Bertz CT molecular complexity index is 317. The number of aromatic nitrogens is 2. The molecular weight excluding hydrogens is 291 g/mol. The predicted octanol–water partition coefficient (Wildman–Crippen LogP) is 0.879. The van der Waals surface area contributed by atoms with Crippen LogP contribution in [-0.2, 0) is 0 Å². The summed E-state index contributed by atoms with van der Waals surface area (Å²) in [4.78, 5) is 10.6. The molecule has 0 spiro atoms. The van der Waals surface area contributed by atoms with E-state index in [4.69, 9.17) is 0 Å². The van der Waals surface area contributed by atoms with Crippen LogP contribution in [0.25, 0.3) is 0 Å². The molecular formula is C9H13IN4. The molecule has 14 heavy (non-hydrogen) atoms. The van der Waals surface area contributed by atoms with Crippen LogP contribution in [0.5, 0.6) is 0 Å². The highest BCUT2D eigenvalue weighted by molar-refractivity contribution is 14.1. The molecule has 5 heteroatoms.